The lowest BCUT2D eigenvalue weighted by atomic mass is 9.84. The molecule has 3 rings (SSSR count). The van der Waals surface area contributed by atoms with Gasteiger partial charge >= 0.3 is 0 Å². The molecule has 1 aromatic heterocycles. The second kappa shape index (κ2) is 6.36. The van der Waals surface area contributed by atoms with Crippen LogP contribution >= 0.6 is 27.3 Å². The Morgan fingerprint density at radius 2 is 2.33 bits per heavy atom. The summed E-state index contributed by atoms with van der Waals surface area (Å²) in [5.74, 6) is 0.789. The molecule has 3 N–H and O–H groups in total. The van der Waals surface area contributed by atoms with Crippen molar-refractivity contribution in [1.82, 2.24) is 10.2 Å². The Morgan fingerprint density at radius 3 is 3.00 bits per heavy atom. The first-order chi connectivity index (χ1) is 10.0. The van der Waals surface area contributed by atoms with Crippen LogP contribution in [0.3, 0.4) is 0 Å². The zero-order valence-electron chi connectivity index (χ0n) is 12.2. The summed E-state index contributed by atoms with van der Waals surface area (Å²) in [5.41, 5.74) is 6.28. The summed E-state index contributed by atoms with van der Waals surface area (Å²) in [6.07, 6.45) is 2.71. The number of hydrogen-bond acceptors (Lipinski definition) is 4. The van der Waals surface area contributed by atoms with Crippen LogP contribution in [0.25, 0.3) is 0 Å². The first kappa shape index (κ1) is 15.5. The Bertz CT molecular complexity index is 519. The van der Waals surface area contributed by atoms with E-state index < -0.39 is 0 Å². The number of nitrogens with one attached hydrogen (secondary N) is 1. The van der Waals surface area contributed by atoms with Crippen LogP contribution in [0, 0.1) is 5.92 Å². The highest BCUT2D eigenvalue weighted by Gasteiger charge is 2.37. The Morgan fingerprint density at radius 1 is 1.52 bits per heavy atom. The van der Waals surface area contributed by atoms with Crippen LogP contribution in [0.5, 0.6) is 0 Å². The number of likely N-dealkylation sites (tertiary alicyclic amines) is 1. The number of carbonyl (C=O) groups excluding carboxylic acids is 1. The molecule has 2 fully saturated rings. The molecule has 3 heterocycles. The number of amides is 1. The predicted octanol–water partition coefficient (Wildman–Crippen LogP) is 2.50. The molecule has 0 radical (unpaired) electrons. The number of carbonyl (C=O) groups is 1. The van der Waals surface area contributed by atoms with Gasteiger partial charge in [0.2, 0.25) is 5.91 Å². The standard InChI is InChI=1S/C15H22BrN3OS/c1-9(17)15(13-6-11(16)8-21-13)19-5-4-12-10(7-19)2-3-14(20)18-12/h6,8-10,12,15H,2-5,7,17H2,1H3,(H,18,20). The molecule has 0 aliphatic carbocycles. The second-order valence-corrected chi connectivity index (χ2v) is 8.09. The third kappa shape index (κ3) is 3.33. The Kier molecular flexibility index (Phi) is 4.69. The molecule has 4 nitrogen and oxygen atoms in total. The summed E-state index contributed by atoms with van der Waals surface area (Å²) < 4.78 is 1.13. The van der Waals surface area contributed by atoms with Crippen molar-refractivity contribution in [3.8, 4) is 0 Å². The van der Waals surface area contributed by atoms with E-state index in [4.69, 9.17) is 5.73 Å². The zero-order valence-corrected chi connectivity index (χ0v) is 14.6. The first-order valence-corrected chi connectivity index (χ1v) is 9.25. The molecular formula is C15H22BrN3OS. The molecule has 1 aromatic rings. The van der Waals surface area contributed by atoms with E-state index in [1.807, 2.05) is 0 Å². The minimum absolute atomic E-state index is 0.102. The quantitative estimate of drug-likeness (QED) is 0.857. The maximum atomic E-state index is 11.5. The lowest BCUT2D eigenvalue weighted by Gasteiger charge is -2.45. The van der Waals surface area contributed by atoms with Crippen LogP contribution < -0.4 is 11.1 Å². The van der Waals surface area contributed by atoms with Crippen molar-refractivity contribution in [3.05, 3.63) is 20.8 Å². The Labute approximate surface area is 138 Å². The normalized spacial score (nSPS) is 29.6. The van der Waals surface area contributed by atoms with Crippen molar-refractivity contribution >= 4 is 33.2 Å². The van der Waals surface area contributed by atoms with E-state index in [1.54, 1.807) is 11.3 Å². The molecule has 0 spiro atoms. The van der Waals surface area contributed by atoms with Crippen molar-refractivity contribution in [2.75, 3.05) is 13.1 Å². The maximum absolute atomic E-state index is 11.5. The van der Waals surface area contributed by atoms with Crippen molar-refractivity contribution < 1.29 is 4.79 Å². The average molecular weight is 372 g/mol. The van der Waals surface area contributed by atoms with Gasteiger partial charge in [-0.05, 0) is 47.7 Å². The molecule has 0 aromatic carbocycles. The summed E-state index contributed by atoms with van der Waals surface area (Å²) >= 11 is 5.31. The number of nitrogens with two attached hydrogens (primary N) is 1. The van der Waals surface area contributed by atoms with Crippen LogP contribution in [0.15, 0.2) is 15.9 Å². The Hall–Kier alpha value is -0.430. The minimum Gasteiger partial charge on any atom is -0.353 e. The molecule has 2 saturated heterocycles. The monoisotopic (exact) mass is 371 g/mol. The van der Waals surface area contributed by atoms with Gasteiger partial charge in [0, 0.05) is 46.3 Å². The maximum Gasteiger partial charge on any atom is 0.220 e. The smallest absolute Gasteiger partial charge is 0.220 e. The van der Waals surface area contributed by atoms with E-state index in [0.717, 1.165) is 30.4 Å². The molecule has 0 bridgehead atoms. The van der Waals surface area contributed by atoms with Gasteiger partial charge in [-0.2, -0.15) is 0 Å². The second-order valence-electron chi connectivity index (χ2n) is 6.23. The predicted molar refractivity (Wildman–Crippen MR) is 89.3 cm³/mol. The van der Waals surface area contributed by atoms with Gasteiger partial charge in [-0.25, -0.2) is 0 Å². The topological polar surface area (TPSA) is 58.4 Å². The molecule has 1 amide bonds. The van der Waals surface area contributed by atoms with Crippen molar-refractivity contribution in [2.45, 2.75) is 44.3 Å². The van der Waals surface area contributed by atoms with E-state index in [0.29, 0.717) is 18.4 Å². The summed E-state index contributed by atoms with van der Waals surface area (Å²) in [4.78, 5) is 15.4. The van der Waals surface area contributed by atoms with Gasteiger partial charge in [-0.15, -0.1) is 11.3 Å². The highest BCUT2D eigenvalue weighted by molar-refractivity contribution is 9.10. The van der Waals surface area contributed by atoms with Crippen LogP contribution in [-0.4, -0.2) is 36.0 Å². The summed E-state index contributed by atoms with van der Waals surface area (Å²) in [6.45, 7) is 4.13. The zero-order chi connectivity index (χ0) is 15.0. The van der Waals surface area contributed by atoms with Crippen molar-refractivity contribution in [1.29, 1.82) is 0 Å². The minimum atomic E-state index is 0.102. The van der Waals surface area contributed by atoms with Gasteiger partial charge < -0.3 is 11.1 Å². The molecule has 116 valence electrons. The number of thiophene rings is 1. The van der Waals surface area contributed by atoms with E-state index in [1.165, 1.54) is 4.88 Å². The first-order valence-electron chi connectivity index (χ1n) is 7.57. The molecule has 2 aliphatic rings. The van der Waals surface area contributed by atoms with Gasteiger partial charge in [0.15, 0.2) is 0 Å². The van der Waals surface area contributed by atoms with Crippen LogP contribution in [0.1, 0.15) is 37.1 Å². The number of hydrogen-bond donors (Lipinski definition) is 2. The van der Waals surface area contributed by atoms with E-state index in [2.05, 4.69) is 44.5 Å². The molecule has 21 heavy (non-hydrogen) atoms. The fraction of sp³-hybridized carbons (Fsp3) is 0.667. The largest absolute Gasteiger partial charge is 0.353 e. The van der Waals surface area contributed by atoms with Gasteiger partial charge in [-0.3, -0.25) is 9.69 Å². The Balaban J connectivity index is 1.74. The third-order valence-corrected chi connectivity index (χ3v) is 6.39. The molecule has 6 heteroatoms. The number of rotatable bonds is 3. The number of halogens is 1. The van der Waals surface area contributed by atoms with E-state index in [-0.39, 0.29) is 18.0 Å². The van der Waals surface area contributed by atoms with E-state index >= 15 is 0 Å². The summed E-state index contributed by atoms with van der Waals surface area (Å²) in [5, 5.41) is 5.27. The summed E-state index contributed by atoms with van der Waals surface area (Å²) in [6, 6.07) is 2.93. The van der Waals surface area contributed by atoms with Crippen molar-refractivity contribution in [3.63, 3.8) is 0 Å². The highest BCUT2D eigenvalue weighted by atomic mass is 79.9. The molecule has 4 unspecified atom stereocenters. The van der Waals surface area contributed by atoms with Crippen molar-refractivity contribution in [2.24, 2.45) is 11.7 Å². The lowest BCUT2D eigenvalue weighted by Crippen LogP contribution is -2.55. The summed E-state index contributed by atoms with van der Waals surface area (Å²) in [7, 11) is 0. The average Bonchev–Trinajstić information content (AvgIpc) is 2.85. The van der Waals surface area contributed by atoms with E-state index in [9.17, 15) is 4.79 Å². The fourth-order valence-corrected chi connectivity index (χ4v) is 5.34. The molecule has 2 aliphatic heterocycles. The third-order valence-electron chi connectivity index (χ3n) is 4.62. The molecular weight excluding hydrogens is 350 g/mol. The number of fused-ring (bicyclic) bond motifs is 1. The molecule has 4 atom stereocenters. The van der Waals surface area contributed by atoms with Gasteiger partial charge in [-0.1, -0.05) is 0 Å². The van der Waals surface area contributed by atoms with Crippen LogP contribution in [0.2, 0.25) is 0 Å². The fourth-order valence-electron chi connectivity index (χ4n) is 3.65. The van der Waals surface area contributed by atoms with Gasteiger partial charge in [0.25, 0.3) is 0 Å². The lowest BCUT2D eigenvalue weighted by molar-refractivity contribution is -0.125. The van der Waals surface area contributed by atoms with Crippen LogP contribution in [0.4, 0.5) is 0 Å². The highest BCUT2D eigenvalue weighted by Crippen LogP contribution is 2.35. The van der Waals surface area contributed by atoms with Crippen LogP contribution in [-0.2, 0) is 4.79 Å². The SMILES string of the molecule is CC(N)C(c1cc(Br)cs1)N1CCC2NC(=O)CCC2C1. The molecule has 0 saturated carbocycles. The van der Waals surface area contributed by atoms with Gasteiger partial charge in [0.1, 0.15) is 0 Å². The number of nitrogens with zero attached hydrogens (tertiary/aromatic N) is 1. The van der Waals surface area contributed by atoms with Gasteiger partial charge in [0.05, 0.1) is 6.04 Å². The number of piperidine rings is 2.